The lowest BCUT2D eigenvalue weighted by Gasteiger charge is -2.21. The molecule has 0 aliphatic carbocycles. The van der Waals surface area contributed by atoms with Crippen LogP contribution in [0.15, 0.2) is 15.9 Å². The molecule has 0 aliphatic heterocycles. The Hall–Kier alpha value is 0.660. The van der Waals surface area contributed by atoms with Crippen LogP contribution in [0.5, 0.6) is 0 Å². The molecule has 1 heterocycles. The first-order chi connectivity index (χ1) is 5.90. The normalized spacial score (nSPS) is 14.5. The summed E-state index contributed by atoms with van der Waals surface area (Å²) in [5, 5.41) is 2.12. The van der Waals surface area contributed by atoms with Crippen molar-refractivity contribution in [2.24, 2.45) is 5.41 Å². The van der Waals surface area contributed by atoms with Crippen LogP contribution in [-0.2, 0) is 0 Å². The van der Waals surface area contributed by atoms with Crippen molar-refractivity contribution in [2.75, 3.05) is 0 Å². The van der Waals surface area contributed by atoms with Gasteiger partial charge in [-0.2, -0.15) is 0 Å². The summed E-state index contributed by atoms with van der Waals surface area (Å²) in [5.41, 5.74) is 0.373. The molecule has 1 unspecified atom stereocenters. The number of halogens is 2. The average molecular weight is 326 g/mol. The second-order valence-electron chi connectivity index (χ2n) is 4.37. The zero-order valence-electron chi connectivity index (χ0n) is 8.10. The summed E-state index contributed by atoms with van der Waals surface area (Å²) in [7, 11) is 0. The molecule has 13 heavy (non-hydrogen) atoms. The SMILES string of the molecule is CC(C)(C)CC(Br)c1sccc1Br. The molecule has 0 saturated carbocycles. The summed E-state index contributed by atoms with van der Waals surface area (Å²) >= 11 is 9.09. The molecule has 0 N–H and O–H groups in total. The number of thiophene rings is 1. The summed E-state index contributed by atoms with van der Waals surface area (Å²) in [4.78, 5) is 1.87. The van der Waals surface area contributed by atoms with E-state index in [2.05, 4.69) is 64.1 Å². The maximum Gasteiger partial charge on any atom is 0.0505 e. The number of hydrogen-bond donors (Lipinski definition) is 0. The molecule has 1 rings (SSSR count). The first-order valence-corrected chi connectivity index (χ1v) is 6.86. The van der Waals surface area contributed by atoms with E-state index >= 15 is 0 Å². The van der Waals surface area contributed by atoms with Crippen molar-refractivity contribution in [1.29, 1.82) is 0 Å². The third-order valence-corrected chi connectivity index (χ3v) is 4.79. The van der Waals surface area contributed by atoms with Gasteiger partial charge in [-0.25, -0.2) is 0 Å². The van der Waals surface area contributed by atoms with Crippen LogP contribution >= 0.6 is 43.2 Å². The van der Waals surface area contributed by atoms with Gasteiger partial charge in [0, 0.05) is 9.35 Å². The van der Waals surface area contributed by atoms with Crippen molar-refractivity contribution >= 4 is 43.2 Å². The third kappa shape index (κ3) is 3.72. The van der Waals surface area contributed by atoms with Gasteiger partial charge in [-0.15, -0.1) is 11.3 Å². The van der Waals surface area contributed by atoms with Crippen molar-refractivity contribution in [3.8, 4) is 0 Å². The molecule has 0 amide bonds. The van der Waals surface area contributed by atoms with Gasteiger partial charge in [0.25, 0.3) is 0 Å². The van der Waals surface area contributed by atoms with E-state index in [0.717, 1.165) is 6.42 Å². The van der Waals surface area contributed by atoms with Crippen molar-refractivity contribution in [1.82, 2.24) is 0 Å². The van der Waals surface area contributed by atoms with Gasteiger partial charge in [0.05, 0.1) is 4.83 Å². The smallest absolute Gasteiger partial charge is 0.0505 e. The van der Waals surface area contributed by atoms with Gasteiger partial charge in [-0.05, 0) is 39.2 Å². The van der Waals surface area contributed by atoms with E-state index in [-0.39, 0.29) is 0 Å². The molecule has 74 valence electrons. The molecule has 0 saturated heterocycles. The van der Waals surface area contributed by atoms with Crippen LogP contribution in [0.1, 0.15) is 36.9 Å². The van der Waals surface area contributed by atoms with Crippen LogP contribution in [0.2, 0.25) is 0 Å². The van der Waals surface area contributed by atoms with Gasteiger partial charge < -0.3 is 0 Å². The Morgan fingerprint density at radius 2 is 2.08 bits per heavy atom. The first kappa shape index (κ1) is 11.7. The van der Waals surface area contributed by atoms with Crippen molar-refractivity contribution < 1.29 is 0 Å². The van der Waals surface area contributed by atoms with Crippen molar-refractivity contribution in [2.45, 2.75) is 32.0 Å². The average Bonchev–Trinajstić information content (AvgIpc) is 2.30. The van der Waals surface area contributed by atoms with Crippen molar-refractivity contribution in [3.63, 3.8) is 0 Å². The highest BCUT2D eigenvalue weighted by molar-refractivity contribution is 9.11. The summed E-state index contributed by atoms with van der Waals surface area (Å²) in [6, 6.07) is 2.11. The van der Waals surface area contributed by atoms with Gasteiger partial charge in [0.1, 0.15) is 0 Å². The zero-order valence-corrected chi connectivity index (χ0v) is 12.1. The number of hydrogen-bond acceptors (Lipinski definition) is 1. The van der Waals surface area contributed by atoms with Crippen LogP contribution in [0, 0.1) is 5.41 Å². The van der Waals surface area contributed by atoms with E-state index in [1.807, 2.05) is 0 Å². The minimum absolute atomic E-state index is 0.373. The van der Waals surface area contributed by atoms with Gasteiger partial charge in [-0.3, -0.25) is 0 Å². The second kappa shape index (κ2) is 4.45. The molecule has 0 nitrogen and oxygen atoms in total. The number of alkyl halides is 1. The molecule has 0 aromatic carbocycles. The standard InChI is InChI=1S/C10H14Br2S/c1-10(2,3)6-8(12)9-7(11)4-5-13-9/h4-5,8H,6H2,1-3H3. The zero-order chi connectivity index (χ0) is 10.1. The fraction of sp³-hybridized carbons (Fsp3) is 0.600. The minimum Gasteiger partial charge on any atom is -0.147 e. The van der Waals surface area contributed by atoms with E-state index < -0.39 is 0 Å². The highest BCUT2D eigenvalue weighted by Gasteiger charge is 2.20. The van der Waals surface area contributed by atoms with Gasteiger partial charge in [-0.1, -0.05) is 36.7 Å². The maximum absolute atomic E-state index is 3.73. The lowest BCUT2D eigenvalue weighted by molar-refractivity contribution is 0.378. The predicted octanol–water partition coefficient (Wildman–Crippen LogP) is 5.38. The molecule has 1 atom stereocenters. The highest BCUT2D eigenvalue weighted by atomic mass is 79.9. The topological polar surface area (TPSA) is 0 Å². The molecular formula is C10H14Br2S. The second-order valence-corrected chi connectivity index (χ2v) is 7.27. The summed E-state index contributed by atoms with van der Waals surface area (Å²) in [6.45, 7) is 6.80. The Bertz CT molecular complexity index is 273. The van der Waals surface area contributed by atoms with Crippen molar-refractivity contribution in [3.05, 3.63) is 20.8 Å². The molecule has 0 bridgehead atoms. The van der Waals surface area contributed by atoms with Crippen LogP contribution in [0.4, 0.5) is 0 Å². The molecule has 3 heteroatoms. The molecule has 0 aliphatic rings. The fourth-order valence-electron chi connectivity index (χ4n) is 1.16. The van der Waals surface area contributed by atoms with E-state index in [1.165, 1.54) is 9.35 Å². The Morgan fingerprint density at radius 3 is 2.46 bits per heavy atom. The molecule has 0 fully saturated rings. The molecule has 1 aromatic heterocycles. The molecule has 0 radical (unpaired) electrons. The predicted molar refractivity (Wildman–Crippen MR) is 67.8 cm³/mol. The van der Waals surface area contributed by atoms with Crippen LogP contribution in [-0.4, -0.2) is 0 Å². The summed E-state index contributed by atoms with van der Waals surface area (Å²) < 4.78 is 1.23. The monoisotopic (exact) mass is 324 g/mol. The Morgan fingerprint density at radius 1 is 1.46 bits per heavy atom. The Labute approximate surface area is 101 Å². The van der Waals surface area contributed by atoms with E-state index in [4.69, 9.17) is 0 Å². The van der Waals surface area contributed by atoms with Gasteiger partial charge in [0.15, 0.2) is 0 Å². The maximum atomic E-state index is 3.73. The van der Waals surface area contributed by atoms with Gasteiger partial charge >= 0.3 is 0 Å². The summed E-state index contributed by atoms with van der Waals surface area (Å²) in [6.07, 6.45) is 1.16. The third-order valence-electron chi connectivity index (χ3n) is 1.72. The summed E-state index contributed by atoms with van der Waals surface area (Å²) in [5.74, 6) is 0. The molecular weight excluding hydrogens is 312 g/mol. The largest absolute Gasteiger partial charge is 0.147 e. The van der Waals surface area contributed by atoms with E-state index in [0.29, 0.717) is 10.2 Å². The lowest BCUT2D eigenvalue weighted by Crippen LogP contribution is -2.07. The highest BCUT2D eigenvalue weighted by Crippen LogP contribution is 2.41. The number of rotatable bonds is 2. The lowest BCUT2D eigenvalue weighted by atomic mass is 9.90. The van der Waals surface area contributed by atoms with Crippen LogP contribution in [0.3, 0.4) is 0 Å². The Kier molecular flexibility index (Phi) is 4.02. The molecule has 0 spiro atoms. The minimum atomic E-state index is 0.373. The van der Waals surface area contributed by atoms with Crippen LogP contribution < -0.4 is 0 Å². The van der Waals surface area contributed by atoms with E-state index in [9.17, 15) is 0 Å². The van der Waals surface area contributed by atoms with Crippen LogP contribution in [0.25, 0.3) is 0 Å². The first-order valence-electron chi connectivity index (χ1n) is 4.27. The van der Waals surface area contributed by atoms with E-state index in [1.54, 1.807) is 11.3 Å². The van der Waals surface area contributed by atoms with Gasteiger partial charge in [0.2, 0.25) is 0 Å². The quantitative estimate of drug-likeness (QED) is 0.640. The fourth-order valence-corrected chi connectivity index (χ4v) is 4.63. The molecule has 1 aromatic rings. The Balaban J connectivity index is 2.69.